The Hall–Kier alpha value is -0.570. The second-order valence-electron chi connectivity index (χ2n) is 4.86. The highest BCUT2D eigenvalue weighted by Gasteiger charge is 2.20. The van der Waals surface area contributed by atoms with Crippen LogP contribution in [0.25, 0.3) is 0 Å². The number of hydrogen-bond acceptors (Lipinski definition) is 2. The van der Waals surface area contributed by atoms with Crippen LogP contribution in [0.15, 0.2) is 0 Å². The average molecular weight is 211 g/mol. The molecule has 2 atom stereocenters. The summed E-state index contributed by atoms with van der Waals surface area (Å²) < 4.78 is 0. The second kappa shape index (κ2) is 6.11. The van der Waals surface area contributed by atoms with Gasteiger partial charge >= 0.3 is 0 Å². The lowest BCUT2D eigenvalue weighted by Gasteiger charge is -2.29. The van der Waals surface area contributed by atoms with Gasteiger partial charge in [0.25, 0.3) is 0 Å². The van der Waals surface area contributed by atoms with Crippen molar-refractivity contribution < 1.29 is 0 Å². The van der Waals surface area contributed by atoms with Crippen LogP contribution in [0, 0.1) is 11.3 Å². The molecule has 0 spiro atoms. The summed E-state index contributed by atoms with van der Waals surface area (Å²) in [5, 5.41) is 7.39. The summed E-state index contributed by atoms with van der Waals surface area (Å²) in [6.45, 7) is 6.92. The van der Waals surface area contributed by atoms with Crippen molar-refractivity contribution in [2.45, 2.75) is 52.0 Å². The van der Waals surface area contributed by atoms with E-state index in [1.165, 1.54) is 32.4 Å². The Morgan fingerprint density at radius 1 is 1.47 bits per heavy atom. The van der Waals surface area contributed by atoms with Crippen molar-refractivity contribution in [2.24, 2.45) is 11.7 Å². The number of hydrogen-bond donors (Lipinski definition) is 2. The van der Waals surface area contributed by atoms with Crippen molar-refractivity contribution in [1.82, 2.24) is 4.90 Å². The van der Waals surface area contributed by atoms with Gasteiger partial charge in [0.2, 0.25) is 0 Å². The maximum atomic E-state index is 7.39. The predicted octanol–water partition coefficient (Wildman–Crippen LogP) is 2.21. The number of rotatable bonds is 4. The van der Waals surface area contributed by atoms with E-state index < -0.39 is 0 Å². The van der Waals surface area contributed by atoms with Crippen LogP contribution in [0.5, 0.6) is 0 Å². The molecule has 15 heavy (non-hydrogen) atoms. The Kier molecular flexibility index (Phi) is 5.09. The van der Waals surface area contributed by atoms with Gasteiger partial charge in [0.1, 0.15) is 0 Å². The largest absolute Gasteiger partial charge is 0.388 e. The van der Waals surface area contributed by atoms with Crippen molar-refractivity contribution >= 4 is 5.84 Å². The van der Waals surface area contributed by atoms with Gasteiger partial charge < -0.3 is 5.73 Å². The standard InChI is InChI=1S/C12H25N3/c1-3-11(9-12(13)14)15-7-4-5-10(2)6-8-15/h10-11H,3-9H2,1-2H3,(H3,13,14). The molecule has 0 aliphatic carbocycles. The highest BCUT2D eigenvalue weighted by molar-refractivity contribution is 5.77. The van der Waals surface area contributed by atoms with Crippen LogP contribution in [0.1, 0.15) is 46.0 Å². The van der Waals surface area contributed by atoms with Crippen molar-refractivity contribution in [1.29, 1.82) is 5.41 Å². The number of likely N-dealkylation sites (tertiary alicyclic amines) is 1. The Labute approximate surface area is 93.5 Å². The molecule has 0 amide bonds. The highest BCUT2D eigenvalue weighted by Crippen LogP contribution is 2.20. The third-order valence-corrected chi connectivity index (χ3v) is 3.49. The van der Waals surface area contributed by atoms with E-state index in [9.17, 15) is 0 Å². The molecule has 1 saturated heterocycles. The van der Waals surface area contributed by atoms with Crippen molar-refractivity contribution in [3.63, 3.8) is 0 Å². The lowest BCUT2D eigenvalue weighted by atomic mass is 10.0. The number of nitrogens with one attached hydrogen (secondary N) is 1. The molecule has 1 fully saturated rings. The van der Waals surface area contributed by atoms with Crippen LogP contribution >= 0.6 is 0 Å². The maximum absolute atomic E-state index is 7.39. The molecule has 88 valence electrons. The van der Waals surface area contributed by atoms with Gasteiger partial charge in [-0.25, -0.2) is 0 Å². The molecule has 3 heteroatoms. The van der Waals surface area contributed by atoms with E-state index in [0.717, 1.165) is 18.8 Å². The first kappa shape index (κ1) is 12.5. The summed E-state index contributed by atoms with van der Waals surface area (Å²) in [5.74, 6) is 1.20. The quantitative estimate of drug-likeness (QED) is 0.553. The minimum absolute atomic E-state index is 0.333. The Bertz CT molecular complexity index is 203. The van der Waals surface area contributed by atoms with Gasteiger partial charge in [-0.3, -0.25) is 10.3 Å². The van der Waals surface area contributed by atoms with E-state index in [4.69, 9.17) is 11.1 Å². The molecule has 0 aromatic carbocycles. The van der Waals surface area contributed by atoms with Gasteiger partial charge in [0.05, 0.1) is 5.84 Å². The van der Waals surface area contributed by atoms with E-state index in [2.05, 4.69) is 18.7 Å². The topological polar surface area (TPSA) is 53.1 Å². The number of nitrogens with zero attached hydrogens (tertiary/aromatic N) is 1. The van der Waals surface area contributed by atoms with Gasteiger partial charge in [-0.1, -0.05) is 13.8 Å². The first-order chi connectivity index (χ1) is 7.13. The number of amidine groups is 1. The molecule has 0 aromatic rings. The molecule has 1 aliphatic heterocycles. The molecule has 1 heterocycles. The molecular formula is C12H25N3. The van der Waals surface area contributed by atoms with Crippen molar-refractivity contribution in [3.8, 4) is 0 Å². The molecule has 0 bridgehead atoms. The van der Waals surface area contributed by atoms with Crippen LogP contribution in [0.4, 0.5) is 0 Å². The zero-order valence-corrected chi connectivity index (χ0v) is 10.1. The Morgan fingerprint density at radius 3 is 2.80 bits per heavy atom. The first-order valence-corrected chi connectivity index (χ1v) is 6.20. The SMILES string of the molecule is CCC(CC(=N)N)N1CCCC(C)CC1. The molecular weight excluding hydrogens is 186 g/mol. The van der Waals surface area contributed by atoms with Gasteiger partial charge in [-0.05, 0) is 44.7 Å². The smallest absolute Gasteiger partial charge is 0.0921 e. The van der Waals surface area contributed by atoms with E-state index in [-0.39, 0.29) is 0 Å². The molecule has 0 radical (unpaired) electrons. The third-order valence-electron chi connectivity index (χ3n) is 3.49. The van der Waals surface area contributed by atoms with Gasteiger partial charge in [0, 0.05) is 12.5 Å². The van der Waals surface area contributed by atoms with E-state index in [1.807, 2.05) is 0 Å². The molecule has 0 saturated carbocycles. The van der Waals surface area contributed by atoms with Crippen molar-refractivity contribution in [3.05, 3.63) is 0 Å². The molecule has 1 aliphatic rings. The molecule has 2 unspecified atom stereocenters. The second-order valence-corrected chi connectivity index (χ2v) is 4.86. The van der Waals surface area contributed by atoms with Crippen LogP contribution in [-0.4, -0.2) is 29.9 Å². The fourth-order valence-electron chi connectivity index (χ4n) is 2.44. The fraction of sp³-hybridized carbons (Fsp3) is 0.917. The van der Waals surface area contributed by atoms with E-state index in [0.29, 0.717) is 11.9 Å². The third kappa shape index (κ3) is 4.20. The van der Waals surface area contributed by atoms with Crippen LogP contribution in [-0.2, 0) is 0 Å². The summed E-state index contributed by atoms with van der Waals surface area (Å²) in [5.41, 5.74) is 5.50. The first-order valence-electron chi connectivity index (χ1n) is 6.20. The minimum atomic E-state index is 0.333. The fourth-order valence-corrected chi connectivity index (χ4v) is 2.44. The Balaban J connectivity index is 2.47. The van der Waals surface area contributed by atoms with Crippen molar-refractivity contribution in [2.75, 3.05) is 13.1 Å². The van der Waals surface area contributed by atoms with E-state index >= 15 is 0 Å². The van der Waals surface area contributed by atoms with Gasteiger partial charge in [-0.15, -0.1) is 0 Å². The molecule has 1 rings (SSSR count). The highest BCUT2D eigenvalue weighted by atomic mass is 15.2. The maximum Gasteiger partial charge on any atom is 0.0921 e. The number of nitrogens with two attached hydrogens (primary N) is 1. The lowest BCUT2D eigenvalue weighted by Crippen LogP contribution is -2.38. The summed E-state index contributed by atoms with van der Waals surface area (Å²) in [6.07, 6.45) is 5.80. The molecule has 0 aromatic heterocycles. The van der Waals surface area contributed by atoms with Crippen LogP contribution in [0.3, 0.4) is 0 Å². The molecule has 3 nitrogen and oxygen atoms in total. The van der Waals surface area contributed by atoms with Gasteiger partial charge in [0.15, 0.2) is 0 Å². The lowest BCUT2D eigenvalue weighted by molar-refractivity contribution is 0.200. The zero-order valence-electron chi connectivity index (χ0n) is 10.1. The van der Waals surface area contributed by atoms with Gasteiger partial charge in [-0.2, -0.15) is 0 Å². The monoisotopic (exact) mass is 211 g/mol. The Morgan fingerprint density at radius 2 is 2.20 bits per heavy atom. The minimum Gasteiger partial charge on any atom is -0.388 e. The normalized spacial score (nSPS) is 25.9. The zero-order chi connectivity index (χ0) is 11.3. The van der Waals surface area contributed by atoms with E-state index in [1.54, 1.807) is 0 Å². The average Bonchev–Trinajstić information content (AvgIpc) is 2.39. The summed E-state index contributed by atoms with van der Waals surface area (Å²) in [7, 11) is 0. The molecule has 3 N–H and O–H groups in total. The summed E-state index contributed by atoms with van der Waals surface area (Å²) in [6, 6.07) is 0.493. The summed E-state index contributed by atoms with van der Waals surface area (Å²) in [4.78, 5) is 2.53. The van der Waals surface area contributed by atoms with Crippen LogP contribution in [0.2, 0.25) is 0 Å². The van der Waals surface area contributed by atoms with Crippen LogP contribution < -0.4 is 5.73 Å². The predicted molar refractivity (Wildman–Crippen MR) is 65.2 cm³/mol. The summed E-state index contributed by atoms with van der Waals surface area (Å²) >= 11 is 0.